The number of rotatable bonds is 4. The Balaban J connectivity index is 1.70. The Kier molecular flexibility index (Phi) is 3.29. The van der Waals surface area contributed by atoms with Crippen LogP contribution in [0.3, 0.4) is 0 Å². The minimum absolute atomic E-state index is 0.605. The zero-order chi connectivity index (χ0) is 13.9. The number of para-hydroxylation sites is 1. The van der Waals surface area contributed by atoms with Crippen LogP contribution >= 0.6 is 0 Å². The molecule has 1 aromatic carbocycles. The Labute approximate surface area is 117 Å². The number of nitrogen functional groups attached to an aromatic ring is 1. The van der Waals surface area contributed by atoms with E-state index in [9.17, 15) is 0 Å². The first kappa shape index (κ1) is 12.5. The molecular weight excluding hydrogens is 250 g/mol. The largest absolute Gasteiger partial charge is 0.493 e. The van der Waals surface area contributed by atoms with Gasteiger partial charge in [0.1, 0.15) is 11.6 Å². The Morgan fingerprint density at radius 3 is 2.95 bits per heavy atom. The van der Waals surface area contributed by atoms with Gasteiger partial charge in [0.15, 0.2) is 0 Å². The number of aryl methyl sites for hydroxylation is 1. The summed E-state index contributed by atoms with van der Waals surface area (Å²) in [5, 5.41) is 0. The van der Waals surface area contributed by atoms with Crippen molar-refractivity contribution in [2.75, 3.05) is 12.3 Å². The van der Waals surface area contributed by atoms with Crippen LogP contribution in [0.15, 0.2) is 48.8 Å². The molecule has 4 nitrogen and oxygen atoms in total. The average molecular weight is 267 g/mol. The van der Waals surface area contributed by atoms with Gasteiger partial charge in [0.25, 0.3) is 0 Å². The number of imidazole rings is 1. The van der Waals surface area contributed by atoms with Crippen LogP contribution in [0.2, 0.25) is 0 Å². The fourth-order valence-electron chi connectivity index (χ4n) is 2.23. The average Bonchev–Trinajstić information content (AvgIpc) is 2.83. The van der Waals surface area contributed by atoms with Crippen molar-refractivity contribution in [3.8, 4) is 5.75 Å². The summed E-state index contributed by atoms with van der Waals surface area (Å²) >= 11 is 0. The number of benzene rings is 1. The molecule has 20 heavy (non-hydrogen) atoms. The maximum Gasteiger partial charge on any atom is 0.122 e. The van der Waals surface area contributed by atoms with Gasteiger partial charge in [0, 0.05) is 18.3 Å². The maximum absolute atomic E-state index is 5.80. The van der Waals surface area contributed by atoms with Gasteiger partial charge in [-0.2, -0.15) is 0 Å². The maximum atomic E-state index is 5.80. The lowest BCUT2D eigenvalue weighted by atomic mass is 10.2. The van der Waals surface area contributed by atoms with Crippen molar-refractivity contribution in [3.63, 3.8) is 0 Å². The molecule has 2 aromatic heterocycles. The van der Waals surface area contributed by atoms with E-state index in [1.165, 1.54) is 0 Å². The monoisotopic (exact) mass is 267 g/mol. The summed E-state index contributed by atoms with van der Waals surface area (Å²) in [5.41, 5.74) is 8.67. The smallest absolute Gasteiger partial charge is 0.122 e. The van der Waals surface area contributed by atoms with E-state index >= 15 is 0 Å². The molecule has 0 amide bonds. The molecule has 2 N–H and O–H groups in total. The zero-order valence-corrected chi connectivity index (χ0v) is 11.4. The molecule has 3 rings (SSSR count). The van der Waals surface area contributed by atoms with Crippen molar-refractivity contribution in [2.45, 2.75) is 13.3 Å². The molecule has 0 aliphatic heterocycles. The van der Waals surface area contributed by atoms with E-state index in [2.05, 4.69) is 4.98 Å². The van der Waals surface area contributed by atoms with Gasteiger partial charge in [-0.05, 0) is 30.7 Å². The molecule has 0 saturated heterocycles. The van der Waals surface area contributed by atoms with Crippen molar-refractivity contribution in [3.05, 3.63) is 60.2 Å². The molecule has 2 heterocycles. The van der Waals surface area contributed by atoms with Crippen LogP contribution in [0.4, 0.5) is 5.69 Å². The van der Waals surface area contributed by atoms with Gasteiger partial charge in [0.2, 0.25) is 0 Å². The molecule has 0 bridgehead atoms. The van der Waals surface area contributed by atoms with Gasteiger partial charge in [-0.25, -0.2) is 4.98 Å². The predicted molar refractivity (Wildman–Crippen MR) is 80.0 cm³/mol. The van der Waals surface area contributed by atoms with Gasteiger partial charge in [-0.1, -0.05) is 18.2 Å². The Morgan fingerprint density at radius 2 is 2.10 bits per heavy atom. The van der Waals surface area contributed by atoms with E-state index in [-0.39, 0.29) is 0 Å². The number of anilines is 1. The van der Waals surface area contributed by atoms with Gasteiger partial charge in [-0.15, -0.1) is 0 Å². The van der Waals surface area contributed by atoms with Crippen LogP contribution in [0.5, 0.6) is 5.75 Å². The standard InChI is InChI=1S/C16H17N3O/c1-12-4-2-3-5-15(12)20-9-7-16-18-11-14-10-13(17)6-8-19(14)16/h2-6,8,10-11H,7,9,17H2,1H3. The first-order valence-electron chi connectivity index (χ1n) is 6.64. The predicted octanol–water partition coefficient (Wildman–Crippen LogP) is 2.85. The van der Waals surface area contributed by atoms with E-state index < -0.39 is 0 Å². The van der Waals surface area contributed by atoms with Crippen molar-refractivity contribution in [1.82, 2.24) is 9.38 Å². The molecule has 4 heteroatoms. The second-order valence-electron chi connectivity index (χ2n) is 4.79. The highest BCUT2D eigenvalue weighted by Gasteiger charge is 2.04. The normalized spacial score (nSPS) is 10.8. The van der Waals surface area contributed by atoms with Gasteiger partial charge >= 0.3 is 0 Å². The number of nitrogens with zero attached hydrogens (tertiary/aromatic N) is 2. The number of aromatic nitrogens is 2. The molecule has 0 saturated carbocycles. The lowest BCUT2D eigenvalue weighted by Crippen LogP contribution is -2.05. The van der Waals surface area contributed by atoms with Gasteiger partial charge in [0.05, 0.1) is 18.3 Å². The minimum Gasteiger partial charge on any atom is -0.493 e. The summed E-state index contributed by atoms with van der Waals surface area (Å²) in [6, 6.07) is 11.8. The molecule has 0 radical (unpaired) electrons. The fourth-order valence-corrected chi connectivity index (χ4v) is 2.23. The molecule has 0 spiro atoms. The third kappa shape index (κ3) is 2.45. The second kappa shape index (κ2) is 5.25. The summed E-state index contributed by atoms with van der Waals surface area (Å²) in [4.78, 5) is 4.42. The lowest BCUT2D eigenvalue weighted by Gasteiger charge is -2.08. The second-order valence-corrected chi connectivity index (χ2v) is 4.79. The van der Waals surface area contributed by atoms with Crippen molar-refractivity contribution in [2.24, 2.45) is 0 Å². The fraction of sp³-hybridized carbons (Fsp3) is 0.188. The highest BCUT2D eigenvalue weighted by molar-refractivity contribution is 5.55. The molecule has 0 aliphatic carbocycles. The Morgan fingerprint density at radius 1 is 1.25 bits per heavy atom. The first-order valence-corrected chi connectivity index (χ1v) is 6.64. The van der Waals surface area contributed by atoms with E-state index in [1.54, 1.807) is 0 Å². The highest BCUT2D eigenvalue weighted by atomic mass is 16.5. The SMILES string of the molecule is Cc1ccccc1OCCc1ncc2cc(N)ccn12. The zero-order valence-electron chi connectivity index (χ0n) is 11.4. The molecular formula is C16H17N3O. The Bertz CT molecular complexity index is 733. The molecule has 0 unspecified atom stereocenters. The van der Waals surface area contributed by atoms with Crippen LogP contribution in [0.1, 0.15) is 11.4 Å². The molecule has 102 valence electrons. The van der Waals surface area contributed by atoms with Crippen molar-refractivity contribution in [1.29, 1.82) is 0 Å². The highest BCUT2D eigenvalue weighted by Crippen LogP contribution is 2.17. The van der Waals surface area contributed by atoms with E-state index in [0.29, 0.717) is 6.61 Å². The summed E-state index contributed by atoms with van der Waals surface area (Å²) in [6.07, 6.45) is 4.53. The summed E-state index contributed by atoms with van der Waals surface area (Å²) in [6.45, 7) is 2.65. The number of pyridine rings is 1. The number of hydrogen-bond donors (Lipinski definition) is 1. The van der Waals surface area contributed by atoms with Crippen LogP contribution in [0, 0.1) is 6.92 Å². The van der Waals surface area contributed by atoms with Crippen molar-refractivity contribution >= 4 is 11.2 Å². The molecule has 3 aromatic rings. The van der Waals surface area contributed by atoms with Crippen LogP contribution in [0.25, 0.3) is 5.52 Å². The number of fused-ring (bicyclic) bond motifs is 1. The van der Waals surface area contributed by atoms with Crippen LogP contribution < -0.4 is 10.5 Å². The quantitative estimate of drug-likeness (QED) is 0.790. The molecule has 0 fully saturated rings. The van der Waals surface area contributed by atoms with E-state index in [0.717, 1.165) is 34.8 Å². The number of nitrogens with two attached hydrogens (primary N) is 1. The summed E-state index contributed by atoms with van der Waals surface area (Å²) < 4.78 is 7.84. The number of ether oxygens (including phenoxy) is 1. The van der Waals surface area contributed by atoms with Gasteiger partial charge in [-0.3, -0.25) is 0 Å². The van der Waals surface area contributed by atoms with Crippen LogP contribution in [-0.2, 0) is 6.42 Å². The lowest BCUT2D eigenvalue weighted by molar-refractivity contribution is 0.316. The molecule has 0 aliphatic rings. The summed E-state index contributed by atoms with van der Waals surface area (Å²) in [7, 11) is 0. The molecule has 0 atom stereocenters. The van der Waals surface area contributed by atoms with Crippen LogP contribution in [-0.4, -0.2) is 16.0 Å². The Hall–Kier alpha value is -2.49. The topological polar surface area (TPSA) is 52.5 Å². The third-order valence-electron chi connectivity index (χ3n) is 3.31. The third-order valence-corrected chi connectivity index (χ3v) is 3.31. The minimum atomic E-state index is 0.605. The van der Waals surface area contributed by atoms with E-state index in [4.69, 9.17) is 10.5 Å². The summed E-state index contributed by atoms with van der Waals surface area (Å²) in [5.74, 6) is 1.91. The number of hydrogen-bond acceptors (Lipinski definition) is 3. The van der Waals surface area contributed by atoms with Crippen molar-refractivity contribution < 1.29 is 4.74 Å². The van der Waals surface area contributed by atoms with E-state index in [1.807, 2.05) is 60.1 Å². The first-order chi connectivity index (χ1) is 9.74. The van der Waals surface area contributed by atoms with Gasteiger partial charge < -0.3 is 14.9 Å².